The Morgan fingerprint density at radius 1 is 1.05 bits per heavy atom. The second-order valence-electron chi connectivity index (χ2n) is 10.1. The van der Waals surface area contributed by atoms with Crippen LogP contribution in [0, 0.1) is 5.82 Å². The molecule has 0 unspecified atom stereocenters. The van der Waals surface area contributed by atoms with Gasteiger partial charge in [0.2, 0.25) is 11.8 Å². The third-order valence-electron chi connectivity index (χ3n) is 7.36. The summed E-state index contributed by atoms with van der Waals surface area (Å²) in [7, 11) is 0. The van der Waals surface area contributed by atoms with Crippen LogP contribution in [0.4, 0.5) is 8.78 Å². The molecule has 2 fully saturated rings. The minimum atomic E-state index is -1.31. The summed E-state index contributed by atoms with van der Waals surface area (Å²) in [6, 6.07) is 16.3. The van der Waals surface area contributed by atoms with Crippen molar-refractivity contribution in [3.05, 3.63) is 101 Å². The summed E-state index contributed by atoms with van der Waals surface area (Å²) in [6.45, 7) is -0.150. The zero-order chi connectivity index (χ0) is 26.2. The molecule has 1 saturated heterocycles. The van der Waals surface area contributed by atoms with E-state index in [0.717, 1.165) is 18.4 Å². The van der Waals surface area contributed by atoms with Crippen LogP contribution < -0.4 is 5.32 Å². The lowest BCUT2D eigenvalue weighted by molar-refractivity contribution is -0.138. The molecule has 1 saturated carbocycles. The van der Waals surface area contributed by atoms with Crippen molar-refractivity contribution >= 4 is 17.5 Å². The number of carbonyl (C=O) groups is 2. The number of halogens is 2. The predicted octanol–water partition coefficient (Wildman–Crippen LogP) is 4.13. The lowest BCUT2D eigenvalue weighted by Gasteiger charge is -2.27. The smallest absolute Gasteiger partial charge is 0.243 e. The van der Waals surface area contributed by atoms with Crippen molar-refractivity contribution in [2.45, 2.75) is 49.9 Å². The lowest BCUT2D eigenvalue weighted by atomic mass is 9.96. The summed E-state index contributed by atoms with van der Waals surface area (Å²) < 4.78 is 31.1. The number of hydrogen-bond donors (Lipinski definition) is 1. The van der Waals surface area contributed by atoms with E-state index in [1.54, 1.807) is 28.9 Å². The highest BCUT2D eigenvalue weighted by atomic mass is 19.1. The second kappa shape index (κ2) is 9.96. The summed E-state index contributed by atoms with van der Waals surface area (Å²) >= 11 is 0. The van der Waals surface area contributed by atoms with Crippen LogP contribution in [0.5, 0.6) is 0 Å². The number of nitrogens with one attached hydrogen (secondary N) is 1. The quantitative estimate of drug-likeness (QED) is 0.401. The molecular weight excluding hydrogens is 488 g/mol. The SMILES string of the molecule is O=C(N[C@@H](c1ccccc1)c1ccc(C2CC2)c(F)c1)[C@@H]1C[C@@H](F)CN1C(=O)Cc1ccc2ncnn2c1. The zero-order valence-electron chi connectivity index (χ0n) is 20.6. The van der Waals surface area contributed by atoms with Crippen LogP contribution in [0.1, 0.15) is 53.5 Å². The summed E-state index contributed by atoms with van der Waals surface area (Å²) in [6.07, 6.45) is 3.69. The van der Waals surface area contributed by atoms with E-state index in [1.165, 1.54) is 17.3 Å². The molecule has 38 heavy (non-hydrogen) atoms. The highest BCUT2D eigenvalue weighted by Crippen LogP contribution is 2.42. The molecule has 9 heteroatoms. The molecule has 1 N–H and O–H groups in total. The zero-order valence-corrected chi connectivity index (χ0v) is 20.6. The van der Waals surface area contributed by atoms with E-state index in [2.05, 4.69) is 15.4 Å². The van der Waals surface area contributed by atoms with Gasteiger partial charge in [0, 0.05) is 12.6 Å². The van der Waals surface area contributed by atoms with Crippen molar-refractivity contribution in [3.63, 3.8) is 0 Å². The molecule has 4 aromatic rings. The van der Waals surface area contributed by atoms with Crippen LogP contribution in [0.3, 0.4) is 0 Å². The summed E-state index contributed by atoms with van der Waals surface area (Å²) in [4.78, 5) is 32.2. The van der Waals surface area contributed by atoms with Crippen molar-refractivity contribution in [1.82, 2.24) is 24.8 Å². The van der Waals surface area contributed by atoms with Crippen molar-refractivity contribution in [1.29, 1.82) is 0 Å². The van der Waals surface area contributed by atoms with Gasteiger partial charge in [0.05, 0.1) is 19.0 Å². The van der Waals surface area contributed by atoms with Gasteiger partial charge in [-0.2, -0.15) is 5.10 Å². The number of benzene rings is 2. The topological polar surface area (TPSA) is 79.6 Å². The lowest BCUT2D eigenvalue weighted by Crippen LogP contribution is -2.47. The summed E-state index contributed by atoms with van der Waals surface area (Å²) in [5.74, 6) is -0.837. The number of pyridine rings is 1. The number of rotatable bonds is 7. The van der Waals surface area contributed by atoms with E-state index in [-0.39, 0.29) is 37.0 Å². The van der Waals surface area contributed by atoms with Crippen molar-refractivity contribution in [2.24, 2.45) is 0 Å². The minimum absolute atomic E-state index is 0.00224. The molecule has 2 amide bonds. The normalized spacial score (nSPS) is 20.0. The Bertz CT molecular complexity index is 1490. The predicted molar refractivity (Wildman–Crippen MR) is 137 cm³/mol. The van der Waals surface area contributed by atoms with Crippen LogP contribution in [0.15, 0.2) is 73.2 Å². The Balaban J connectivity index is 1.23. The Morgan fingerprint density at radius 2 is 1.87 bits per heavy atom. The van der Waals surface area contributed by atoms with E-state index in [4.69, 9.17) is 0 Å². The van der Waals surface area contributed by atoms with Gasteiger partial charge in [0.25, 0.3) is 0 Å². The fourth-order valence-electron chi connectivity index (χ4n) is 5.24. The first-order valence-electron chi connectivity index (χ1n) is 12.8. The number of amides is 2. The van der Waals surface area contributed by atoms with Gasteiger partial charge in [-0.1, -0.05) is 48.5 Å². The maximum absolute atomic E-state index is 14.9. The third-order valence-corrected chi connectivity index (χ3v) is 7.36. The Hall–Kier alpha value is -4.14. The number of hydrogen-bond acceptors (Lipinski definition) is 4. The molecule has 6 rings (SSSR count). The summed E-state index contributed by atoms with van der Waals surface area (Å²) in [5, 5.41) is 7.07. The fraction of sp³-hybridized carbons (Fsp3) is 0.310. The monoisotopic (exact) mass is 515 g/mol. The standard InChI is InChI=1S/C29H27F2N5O2/c30-22-14-25(35(16-22)27(37)12-18-6-11-26-32-17-33-36(26)15-18)29(38)34-28(20-4-2-1-3-5-20)21-9-10-23(19-7-8-19)24(31)13-21/h1-6,9-11,13,15,17,19,22,25,28H,7-8,12,14,16H2,(H,34,38)/t22-,25+,28+/m1/s1. The number of nitrogens with zero attached hydrogens (tertiary/aromatic N) is 4. The number of fused-ring (bicyclic) bond motifs is 1. The molecule has 2 aromatic heterocycles. The van der Waals surface area contributed by atoms with E-state index in [1.807, 2.05) is 36.4 Å². The molecule has 2 aliphatic rings. The van der Waals surface area contributed by atoms with Crippen LogP contribution in [0.25, 0.3) is 5.65 Å². The molecule has 0 spiro atoms. The minimum Gasteiger partial charge on any atom is -0.343 e. The molecule has 1 aliphatic heterocycles. The maximum atomic E-state index is 14.9. The highest BCUT2D eigenvalue weighted by molar-refractivity contribution is 5.89. The van der Waals surface area contributed by atoms with Crippen molar-refractivity contribution in [3.8, 4) is 0 Å². The second-order valence-corrected chi connectivity index (χ2v) is 10.1. The Labute approximate surface area is 218 Å². The van der Waals surface area contributed by atoms with E-state index < -0.39 is 24.2 Å². The average Bonchev–Trinajstić information content (AvgIpc) is 3.51. The first-order valence-corrected chi connectivity index (χ1v) is 12.8. The van der Waals surface area contributed by atoms with Crippen LogP contribution in [0.2, 0.25) is 0 Å². The van der Waals surface area contributed by atoms with Gasteiger partial charge in [-0.3, -0.25) is 9.59 Å². The van der Waals surface area contributed by atoms with Gasteiger partial charge >= 0.3 is 0 Å². The maximum Gasteiger partial charge on any atom is 0.243 e. The first-order chi connectivity index (χ1) is 18.5. The molecule has 3 atom stereocenters. The van der Waals surface area contributed by atoms with E-state index in [9.17, 15) is 18.4 Å². The first kappa shape index (κ1) is 24.2. The number of alkyl halides is 1. The van der Waals surface area contributed by atoms with Crippen molar-refractivity contribution in [2.75, 3.05) is 6.54 Å². The average molecular weight is 516 g/mol. The van der Waals surface area contributed by atoms with Gasteiger partial charge in [-0.15, -0.1) is 0 Å². The van der Waals surface area contributed by atoms with Crippen LogP contribution in [-0.4, -0.2) is 50.1 Å². The highest BCUT2D eigenvalue weighted by Gasteiger charge is 2.40. The molecule has 3 heterocycles. The van der Waals surface area contributed by atoms with Gasteiger partial charge in [-0.25, -0.2) is 18.3 Å². The molecule has 2 aromatic carbocycles. The number of likely N-dealkylation sites (tertiary alicyclic amines) is 1. The van der Waals surface area contributed by atoms with Crippen LogP contribution in [-0.2, 0) is 16.0 Å². The Kier molecular flexibility index (Phi) is 6.35. The van der Waals surface area contributed by atoms with Gasteiger partial charge in [0.15, 0.2) is 5.65 Å². The molecule has 0 bridgehead atoms. The molecule has 0 radical (unpaired) electrons. The van der Waals surface area contributed by atoms with Gasteiger partial charge < -0.3 is 10.2 Å². The Morgan fingerprint density at radius 3 is 2.63 bits per heavy atom. The number of carbonyl (C=O) groups excluding carboxylic acids is 2. The number of aromatic nitrogens is 3. The third kappa shape index (κ3) is 4.88. The van der Waals surface area contributed by atoms with Crippen molar-refractivity contribution < 1.29 is 18.4 Å². The molecular formula is C29H27F2N5O2. The molecule has 7 nitrogen and oxygen atoms in total. The fourth-order valence-corrected chi connectivity index (χ4v) is 5.24. The largest absolute Gasteiger partial charge is 0.343 e. The van der Waals surface area contributed by atoms with E-state index >= 15 is 0 Å². The molecule has 194 valence electrons. The van der Waals surface area contributed by atoms with Gasteiger partial charge in [-0.05, 0) is 53.1 Å². The summed E-state index contributed by atoms with van der Waals surface area (Å²) in [5.41, 5.74) is 3.40. The van der Waals surface area contributed by atoms with E-state index in [0.29, 0.717) is 22.3 Å². The van der Waals surface area contributed by atoms with Gasteiger partial charge in [0.1, 0.15) is 24.4 Å². The van der Waals surface area contributed by atoms with Crippen LogP contribution >= 0.6 is 0 Å². The molecule has 1 aliphatic carbocycles.